The van der Waals surface area contributed by atoms with Crippen LogP contribution in [0.5, 0.6) is 0 Å². The highest BCUT2D eigenvalue weighted by molar-refractivity contribution is 5.88. The maximum atomic E-state index is 11.2. The zero-order valence-corrected chi connectivity index (χ0v) is 13.3. The number of aliphatic hydroxyl groups is 1. The summed E-state index contributed by atoms with van der Waals surface area (Å²) in [5.74, 6) is -0.0788. The van der Waals surface area contributed by atoms with E-state index in [2.05, 4.69) is 24.1 Å². The average molecular weight is 294 g/mol. The SMILES string of the molecule is CCCc1cc(C(=O)O)cc(NCC(C)(O)CC(C)C)n1. The standard InChI is InChI=1S/C16H26N2O3/c1-5-6-13-7-12(15(19)20)8-14(18-13)17-10-16(4,21)9-11(2)3/h7-8,11,21H,5-6,9-10H2,1-4H3,(H,17,18)(H,19,20). The van der Waals surface area contributed by atoms with Crippen molar-refractivity contribution in [3.8, 4) is 0 Å². The summed E-state index contributed by atoms with van der Waals surface area (Å²) in [6.45, 7) is 8.24. The van der Waals surface area contributed by atoms with Gasteiger partial charge in [0.2, 0.25) is 0 Å². The summed E-state index contributed by atoms with van der Waals surface area (Å²) in [5.41, 5.74) is 0.128. The average Bonchev–Trinajstić information content (AvgIpc) is 2.35. The molecule has 5 heteroatoms. The molecule has 1 aromatic heterocycles. The summed E-state index contributed by atoms with van der Waals surface area (Å²) in [6, 6.07) is 3.11. The number of aryl methyl sites for hydroxylation is 1. The smallest absolute Gasteiger partial charge is 0.335 e. The van der Waals surface area contributed by atoms with Crippen LogP contribution < -0.4 is 5.32 Å². The van der Waals surface area contributed by atoms with Crippen LogP contribution in [0.4, 0.5) is 5.82 Å². The van der Waals surface area contributed by atoms with Crippen molar-refractivity contribution in [1.82, 2.24) is 4.98 Å². The molecule has 0 bridgehead atoms. The molecule has 0 aromatic carbocycles. The van der Waals surface area contributed by atoms with E-state index in [9.17, 15) is 9.90 Å². The van der Waals surface area contributed by atoms with Crippen molar-refractivity contribution >= 4 is 11.8 Å². The van der Waals surface area contributed by atoms with Crippen LogP contribution in [0.2, 0.25) is 0 Å². The summed E-state index contributed by atoms with van der Waals surface area (Å²) < 4.78 is 0. The van der Waals surface area contributed by atoms with E-state index in [1.54, 1.807) is 13.0 Å². The predicted molar refractivity (Wildman–Crippen MR) is 83.8 cm³/mol. The molecule has 0 aliphatic carbocycles. The van der Waals surface area contributed by atoms with Crippen molar-refractivity contribution in [3.05, 3.63) is 23.4 Å². The molecule has 1 atom stereocenters. The number of carboxylic acid groups (broad SMARTS) is 1. The van der Waals surface area contributed by atoms with Gasteiger partial charge in [-0.05, 0) is 37.8 Å². The molecular formula is C16H26N2O3. The highest BCUT2D eigenvalue weighted by Crippen LogP contribution is 2.18. The van der Waals surface area contributed by atoms with Crippen molar-refractivity contribution in [1.29, 1.82) is 0 Å². The molecule has 1 heterocycles. The summed E-state index contributed by atoms with van der Waals surface area (Å²) >= 11 is 0. The van der Waals surface area contributed by atoms with Crippen molar-refractivity contribution in [2.75, 3.05) is 11.9 Å². The molecule has 5 nitrogen and oxygen atoms in total. The lowest BCUT2D eigenvalue weighted by Crippen LogP contribution is -2.35. The van der Waals surface area contributed by atoms with E-state index in [1.807, 2.05) is 6.92 Å². The third-order valence-electron chi connectivity index (χ3n) is 3.13. The number of carbonyl (C=O) groups is 1. The molecule has 0 aliphatic rings. The Kier molecular flexibility index (Phi) is 6.15. The van der Waals surface area contributed by atoms with Gasteiger partial charge in [-0.15, -0.1) is 0 Å². The summed E-state index contributed by atoms with van der Waals surface area (Å²) in [6.07, 6.45) is 2.30. The number of hydrogen-bond acceptors (Lipinski definition) is 4. The minimum Gasteiger partial charge on any atom is -0.478 e. The molecular weight excluding hydrogens is 268 g/mol. The lowest BCUT2D eigenvalue weighted by molar-refractivity contribution is 0.0514. The first-order valence-corrected chi connectivity index (χ1v) is 7.44. The van der Waals surface area contributed by atoms with Gasteiger partial charge >= 0.3 is 5.97 Å². The Morgan fingerprint density at radius 1 is 1.43 bits per heavy atom. The van der Waals surface area contributed by atoms with Gasteiger partial charge in [0.25, 0.3) is 0 Å². The Balaban J connectivity index is 2.84. The molecule has 118 valence electrons. The quantitative estimate of drug-likeness (QED) is 0.686. The lowest BCUT2D eigenvalue weighted by atomic mass is 9.94. The number of nitrogens with one attached hydrogen (secondary N) is 1. The van der Waals surface area contributed by atoms with E-state index >= 15 is 0 Å². The van der Waals surface area contributed by atoms with Crippen LogP contribution in [0.25, 0.3) is 0 Å². The van der Waals surface area contributed by atoms with Crippen molar-refractivity contribution < 1.29 is 15.0 Å². The van der Waals surface area contributed by atoms with E-state index in [1.165, 1.54) is 6.07 Å². The van der Waals surface area contributed by atoms with Gasteiger partial charge in [-0.25, -0.2) is 9.78 Å². The highest BCUT2D eigenvalue weighted by atomic mass is 16.4. The van der Waals surface area contributed by atoms with E-state index in [0.717, 1.165) is 18.5 Å². The normalized spacial score (nSPS) is 14.0. The van der Waals surface area contributed by atoms with Gasteiger partial charge in [-0.2, -0.15) is 0 Å². The number of aromatic nitrogens is 1. The molecule has 0 saturated carbocycles. The van der Waals surface area contributed by atoms with Gasteiger partial charge in [0.05, 0.1) is 11.2 Å². The molecule has 21 heavy (non-hydrogen) atoms. The fourth-order valence-corrected chi connectivity index (χ4v) is 2.42. The van der Waals surface area contributed by atoms with Crippen LogP contribution in [0.15, 0.2) is 12.1 Å². The maximum Gasteiger partial charge on any atom is 0.335 e. The van der Waals surface area contributed by atoms with Crippen LogP contribution >= 0.6 is 0 Å². The van der Waals surface area contributed by atoms with E-state index < -0.39 is 11.6 Å². The Bertz CT molecular complexity index is 484. The minimum absolute atomic E-state index is 0.222. The van der Waals surface area contributed by atoms with E-state index in [-0.39, 0.29) is 5.56 Å². The summed E-state index contributed by atoms with van der Waals surface area (Å²) in [7, 11) is 0. The summed E-state index contributed by atoms with van der Waals surface area (Å²) in [5, 5.41) is 22.5. The molecule has 0 radical (unpaired) electrons. The van der Waals surface area contributed by atoms with Crippen LogP contribution in [0.3, 0.4) is 0 Å². The number of carboxylic acids is 1. The largest absolute Gasteiger partial charge is 0.478 e. The molecule has 1 rings (SSSR count). The molecule has 0 saturated heterocycles. The summed E-state index contributed by atoms with van der Waals surface area (Å²) in [4.78, 5) is 15.6. The third kappa shape index (κ3) is 6.12. The molecule has 3 N–H and O–H groups in total. The Morgan fingerprint density at radius 3 is 2.62 bits per heavy atom. The van der Waals surface area contributed by atoms with Gasteiger partial charge in [-0.3, -0.25) is 0 Å². The number of rotatable bonds is 8. The first-order valence-electron chi connectivity index (χ1n) is 7.44. The fraction of sp³-hybridized carbons (Fsp3) is 0.625. The molecule has 0 spiro atoms. The van der Waals surface area contributed by atoms with Crippen molar-refractivity contribution in [3.63, 3.8) is 0 Å². The van der Waals surface area contributed by atoms with Crippen LogP contribution in [0, 0.1) is 5.92 Å². The molecule has 0 amide bonds. The van der Waals surface area contributed by atoms with Crippen LogP contribution in [-0.4, -0.2) is 33.3 Å². The number of pyridine rings is 1. The fourth-order valence-electron chi connectivity index (χ4n) is 2.42. The maximum absolute atomic E-state index is 11.2. The van der Waals surface area contributed by atoms with Crippen LogP contribution in [0.1, 0.15) is 56.6 Å². The first-order chi connectivity index (χ1) is 9.73. The molecule has 1 unspecified atom stereocenters. The van der Waals surface area contributed by atoms with Crippen molar-refractivity contribution in [2.24, 2.45) is 5.92 Å². The lowest BCUT2D eigenvalue weighted by Gasteiger charge is -2.26. The van der Waals surface area contributed by atoms with Crippen molar-refractivity contribution in [2.45, 2.75) is 52.6 Å². The number of aromatic carboxylic acids is 1. The second-order valence-corrected chi connectivity index (χ2v) is 6.24. The van der Waals surface area contributed by atoms with Gasteiger partial charge in [-0.1, -0.05) is 27.2 Å². The highest BCUT2D eigenvalue weighted by Gasteiger charge is 2.22. The predicted octanol–water partition coefficient (Wildman–Crippen LogP) is 2.94. The molecule has 1 aromatic rings. The third-order valence-corrected chi connectivity index (χ3v) is 3.13. The number of hydrogen-bond donors (Lipinski definition) is 3. The first kappa shape index (κ1) is 17.4. The second-order valence-electron chi connectivity index (χ2n) is 6.24. The number of anilines is 1. The zero-order valence-electron chi connectivity index (χ0n) is 13.3. The monoisotopic (exact) mass is 294 g/mol. The van der Waals surface area contributed by atoms with Gasteiger partial charge in [0, 0.05) is 12.2 Å². The number of nitrogens with zero attached hydrogens (tertiary/aromatic N) is 1. The Labute approximate surface area is 126 Å². The zero-order chi connectivity index (χ0) is 16.0. The Hall–Kier alpha value is -1.62. The molecule has 0 aliphatic heterocycles. The van der Waals surface area contributed by atoms with Gasteiger partial charge in [0.1, 0.15) is 5.82 Å². The van der Waals surface area contributed by atoms with E-state index in [0.29, 0.717) is 24.7 Å². The molecule has 0 fully saturated rings. The second kappa shape index (κ2) is 7.41. The van der Waals surface area contributed by atoms with E-state index in [4.69, 9.17) is 5.11 Å². The minimum atomic E-state index is -0.966. The topological polar surface area (TPSA) is 82.5 Å². The van der Waals surface area contributed by atoms with Gasteiger partial charge < -0.3 is 15.5 Å². The van der Waals surface area contributed by atoms with Gasteiger partial charge in [0.15, 0.2) is 0 Å². The van der Waals surface area contributed by atoms with Crippen LogP contribution in [-0.2, 0) is 6.42 Å². The Morgan fingerprint density at radius 2 is 2.10 bits per heavy atom.